The van der Waals surface area contributed by atoms with E-state index in [1.807, 2.05) is 6.07 Å². The van der Waals surface area contributed by atoms with Crippen LogP contribution in [0.15, 0.2) is 28.4 Å². The van der Waals surface area contributed by atoms with E-state index in [9.17, 15) is 14.4 Å². The van der Waals surface area contributed by atoms with Gasteiger partial charge in [-0.05, 0) is 24.5 Å². The fourth-order valence-corrected chi connectivity index (χ4v) is 3.21. The molecule has 1 aromatic rings. The maximum absolute atomic E-state index is 12.7. The summed E-state index contributed by atoms with van der Waals surface area (Å²) in [7, 11) is 0. The van der Waals surface area contributed by atoms with Crippen LogP contribution in [0.1, 0.15) is 28.8 Å². The van der Waals surface area contributed by atoms with Gasteiger partial charge in [-0.15, -0.1) is 16.7 Å². The molecule has 0 aromatic heterocycles. The molecular formula is C17H15N5O3. The molecule has 8 heteroatoms. The van der Waals surface area contributed by atoms with Gasteiger partial charge in [0.2, 0.25) is 11.8 Å². The molecule has 3 aliphatic heterocycles. The number of hydrogen-bond acceptors (Lipinski definition) is 6. The minimum atomic E-state index is -0.811. The fourth-order valence-electron chi connectivity index (χ4n) is 3.21. The molecule has 4 rings (SSSR count). The molecule has 0 aliphatic carbocycles. The zero-order chi connectivity index (χ0) is 17.6. The Hall–Kier alpha value is -3.21. The predicted molar refractivity (Wildman–Crippen MR) is 87.4 cm³/mol. The highest BCUT2D eigenvalue weighted by Gasteiger charge is 2.41. The second kappa shape index (κ2) is 5.41. The van der Waals surface area contributed by atoms with Gasteiger partial charge in [-0.25, -0.2) is 0 Å². The minimum Gasteiger partial charge on any atom is -0.379 e. The van der Waals surface area contributed by atoms with Crippen molar-refractivity contribution in [2.24, 2.45) is 10.2 Å². The van der Waals surface area contributed by atoms with Crippen molar-refractivity contribution in [3.05, 3.63) is 29.3 Å². The summed E-state index contributed by atoms with van der Waals surface area (Å²) in [5.74, 6) is 1.58. The van der Waals surface area contributed by atoms with Gasteiger partial charge in [-0.2, -0.15) is 0 Å². The fraction of sp³-hybridized carbons (Fsp3) is 0.353. The molecule has 1 aromatic carbocycles. The number of benzene rings is 1. The van der Waals surface area contributed by atoms with Crippen LogP contribution >= 0.6 is 0 Å². The summed E-state index contributed by atoms with van der Waals surface area (Å²) in [5.41, 5.74) is 1.32. The van der Waals surface area contributed by atoms with Crippen LogP contribution in [0.3, 0.4) is 0 Å². The molecular weight excluding hydrogens is 322 g/mol. The third-order valence-corrected chi connectivity index (χ3v) is 4.68. The lowest BCUT2D eigenvalue weighted by molar-refractivity contribution is -0.136. The van der Waals surface area contributed by atoms with Crippen LogP contribution in [0.25, 0.3) is 0 Å². The Morgan fingerprint density at radius 1 is 1.36 bits per heavy atom. The average molecular weight is 337 g/mol. The lowest BCUT2D eigenvalue weighted by atomic mass is 10.0. The Bertz CT molecular complexity index is 864. The van der Waals surface area contributed by atoms with Crippen molar-refractivity contribution in [1.29, 1.82) is 0 Å². The van der Waals surface area contributed by atoms with E-state index >= 15 is 0 Å². The largest absolute Gasteiger partial charge is 0.379 e. The highest BCUT2D eigenvalue weighted by atomic mass is 16.2. The van der Waals surface area contributed by atoms with Crippen molar-refractivity contribution in [3.63, 3.8) is 0 Å². The molecule has 3 aliphatic rings. The van der Waals surface area contributed by atoms with E-state index in [0.29, 0.717) is 25.1 Å². The van der Waals surface area contributed by atoms with Crippen molar-refractivity contribution in [3.8, 4) is 12.3 Å². The molecule has 2 N–H and O–H groups in total. The van der Waals surface area contributed by atoms with E-state index in [4.69, 9.17) is 6.42 Å². The molecule has 1 unspecified atom stereocenters. The number of hydrogen-bond donors (Lipinski definition) is 2. The van der Waals surface area contributed by atoms with Gasteiger partial charge in [0.05, 0.1) is 6.54 Å². The van der Waals surface area contributed by atoms with Gasteiger partial charge < -0.3 is 10.2 Å². The molecule has 126 valence electrons. The summed E-state index contributed by atoms with van der Waals surface area (Å²) in [6.45, 7) is 0.660. The lowest BCUT2D eigenvalue weighted by Gasteiger charge is -2.29. The average Bonchev–Trinajstić information content (AvgIpc) is 3.31. The summed E-state index contributed by atoms with van der Waals surface area (Å²) in [6.07, 6.45) is 5.97. The molecule has 1 fully saturated rings. The highest BCUT2D eigenvalue weighted by molar-refractivity contribution is 6.06. The topological polar surface area (TPSA) is 103 Å². The number of fused-ring (bicyclic) bond motifs is 1. The predicted octanol–water partition coefficient (Wildman–Crippen LogP) is 0.655. The van der Waals surface area contributed by atoms with Crippen LogP contribution in [0.2, 0.25) is 0 Å². The van der Waals surface area contributed by atoms with E-state index in [1.165, 1.54) is 4.90 Å². The standard InChI is InChI=1S/C17H15N5O3/c1-2-17(20-21-17)9-18-12-5-3-4-10-11(12)8-22(16(10)25)13-6-7-14(23)19-15(13)24/h1,3-5,13,18H,6-9H2,(H,19,23,24). The summed E-state index contributed by atoms with van der Waals surface area (Å²) >= 11 is 0. The Morgan fingerprint density at radius 2 is 2.16 bits per heavy atom. The van der Waals surface area contributed by atoms with Crippen molar-refractivity contribution in [1.82, 2.24) is 10.2 Å². The second-order valence-corrected chi connectivity index (χ2v) is 6.25. The molecule has 0 bridgehead atoms. The number of anilines is 1. The van der Waals surface area contributed by atoms with E-state index in [-0.39, 0.29) is 18.2 Å². The number of imide groups is 1. The first-order valence-electron chi connectivity index (χ1n) is 7.95. The van der Waals surface area contributed by atoms with Crippen LogP contribution < -0.4 is 10.6 Å². The Morgan fingerprint density at radius 3 is 2.84 bits per heavy atom. The van der Waals surface area contributed by atoms with E-state index < -0.39 is 17.6 Å². The monoisotopic (exact) mass is 337 g/mol. The minimum absolute atomic E-state index is 0.208. The Labute approximate surface area is 143 Å². The van der Waals surface area contributed by atoms with Crippen molar-refractivity contribution in [2.75, 3.05) is 11.9 Å². The van der Waals surface area contributed by atoms with Crippen LogP contribution in [0.5, 0.6) is 0 Å². The van der Waals surface area contributed by atoms with E-state index in [2.05, 4.69) is 26.8 Å². The van der Waals surface area contributed by atoms with Gasteiger partial charge in [-0.3, -0.25) is 19.7 Å². The third-order valence-electron chi connectivity index (χ3n) is 4.68. The zero-order valence-corrected chi connectivity index (χ0v) is 13.3. The van der Waals surface area contributed by atoms with Gasteiger partial charge in [-0.1, -0.05) is 6.07 Å². The summed E-state index contributed by atoms with van der Waals surface area (Å²) < 4.78 is 0. The van der Waals surface area contributed by atoms with Crippen molar-refractivity contribution < 1.29 is 14.4 Å². The quantitative estimate of drug-likeness (QED) is 0.622. The maximum Gasteiger partial charge on any atom is 0.267 e. The van der Waals surface area contributed by atoms with Gasteiger partial charge >= 0.3 is 0 Å². The lowest BCUT2D eigenvalue weighted by Crippen LogP contribution is -2.52. The molecule has 3 amide bonds. The molecule has 1 saturated heterocycles. The maximum atomic E-state index is 12.7. The Balaban J connectivity index is 1.55. The normalized spacial score (nSPS) is 23.1. The third kappa shape index (κ3) is 2.54. The summed E-state index contributed by atoms with van der Waals surface area (Å²) in [4.78, 5) is 37.6. The summed E-state index contributed by atoms with van der Waals surface area (Å²) in [6, 6.07) is 4.73. The first-order valence-corrected chi connectivity index (χ1v) is 7.95. The number of nitrogens with zero attached hydrogens (tertiary/aromatic N) is 3. The highest BCUT2D eigenvalue weighted by Crippen LogP contribution is 2.33. The summed E-state index contributed by atoms with van der Waals surface area (Å²) in [5, 5.41) is 13.2. The first kappa shape index (κ1) is 15.3. The molecule has 3 heterocycles. The van der Waals surface area contributed by atoms with E-state index in [1.54, 1.807) is 12.1 Å². The van der Waals surface area contributed by atoms with Crippen molar-refractivity contribution in [2.45, 2.75) is 31.1 Å². The van der Waals surface area contributed by atoms with Crippen LogP contribution in [0.4, 0.5) is 5.69 Å². The second-order valence-electron chi connectivity index (χ2n) is 6.25. The molecule has 0 spiro atoms. The Kier molecular flexibility index (Phi) is 3.32. The number of rotatable bonds is 4. The van der Waals surface area contributed by atoms with Gasteiger partial charge in [0, 0.05) is 29.8 Å². The number of piperidine rings is 1. The number of amides is 3. The smallest absolute Gasteiger partial charge is 0.267 e. The zero-order valence-electron chi connectivity index (χ0n) is 13.3. The molecule has 25 heavy (non-hydrogen) atoms. The number of nitrogens with one attached hydrogen (secondary N) is 2. The van der Waals surface area contributed by atoms with Crippen LogP contribution in [-0.4, -0.2) is 40.9 Å². The molecule has 0 radical (unpaired) electrons. The number of carbonyl (C=O) groups is 3. The van der Waals surface area contributed by atoms with Gasteiger partial charge in [0.1, 0.15) is 6.04 Å². The van der Waals surface area contributed by atoms with Crippen LogP contribution in [0, 0.1) is 12.3 Å². The van der Waals surface area contributed by atoms with Gasteiger partial charge in [0.25, 0.3) is 11.6 Å². The van der Waals surface area contributed by atoms with E-state index in [0.717, 1.165) is 11.3 Å². The molecule has 8 nitrogen and oxygen atoms in total. The first-order chi connectivity index (χ1) is 12.0. The van der Waals surface area contributed by atoms with Crippen molar-refractivity contribution >= 4 is 23.4 Å². The number of terminal acetylenes is 1. The SMILES string of the molecule is C#CC1(CNc2cccc3c2CN(C2CCC(=O)NC2=O)C3=O)N=N1. The van der Waals surface area contributed by atoms with Gasteiger partial charge in [0.15, 0.2) is 0 Å². The molecule has 0 saturated carbocycles. The number of carbonyl (C=O) groups excluding carboxylic acids is 3. The molecule has 1 atom stereocenters. The van der Waals surface area contributed by atoms with Crippen LogP contribution in [-0.2, 0) is 16.1 Å².